The molecule has 2 aliphatic rings. The summed E-state index contributed by atoms with van der Waals surface area (Å²) in [5.41, 5.74) is 1.45. The molecule has 0 saturated carbocycles. The number of aromatic nitrogens is 2. The summed E-state index contributed by atoms with van der Waals surface area (Å²) in [7, 11) is 0. The first kappa shape index (κ1) is 11.2. The molecule has 0 aliphatic carbocycles. The van der Waals surface area contributed by atoms with Crippen molar-refractivity contribution in [1.29, 1.82) is 0 Å². The lowest BCUT2D eigenvalue weighted by Gasteiger charge is -2.32. The lowest BCUT2D eigenvalue weighted by atomic mass is 9.92. The van der Waals surface area contributed by atoms with E-state index in [1.165, 1.54) is 12.1 Å². The van der Waals surface area contributed by atoms with Gasteiger partial charge >= 0.3 is 0 Å². The molecule has 2 saturated heterocycles. The van der Waals surface area contributed by atoms with Gasteiger partial charge in [0.2, 0.25) is 0 Å². The van der Waals surface area contributed by atoms with Crippen LogP contribution in [-0.2, 0) is 10.3 Å². The highest BCUT2D eigenvalue weighted by Crippen LogP contribution is 2.36. The smallest absolute Gasteiger partial charge is 0.0954 e. The second kappa shape index (κ2) is 4.10. The summed E-state index contributed by atoms with van der Waals surface area (Å²) < 4.78 is 8.11. The molecule has 3 heterocycles. The maximum absolute atomic E-state index is 5.75. The van der Waals surface area contributed by atoms with E-state index in [4.69, 9.17) is 4.74 Å². The van der Waals surface area contributed by atoms with Gasteiger partial charge in [0.15, 0.2) is 0 Å². The third-order valence-electron chi connectivity index (χ3n) is 4.55. The van der Waals surface area contributed by atoms with Gasteiger partial charge in [-0.1, -0.05) is 0 Å². The summed E-state index contributed by atoms with van der Waals surface area (Å²) >= 11 is 0. The van der Waals surface area contributed by atoms with Gasteiger partial charge < -0.3 is 14.6 Å². The van der Waals surface area contributed by atoms with Gasteiger partial charge in [-0.25, -0.2) is 4.98 Å². The van der Waals surface area contributed by atoms with E-state index in [9.17, 15) is 0 Å². The summed E-state index contributed by atoms with van der Waals surface area (Å²) in [4.78, 5) is 4.37. The van der Waals surface area contributed by atoms with Crippen LogP contribution in [0.3, 0.4) is 0 Å². The number of nitrogens with one attached hydrogen (secondary N) is 1. The predicted octanol–water partition coefficient (Wildman–Crippen LogP) is 1.48. The highest BCUT2D eigenvalue weighted by molar-refractivity contribution is 5.14. The zero-order chi connectivity index (χ0) is 11.9. The molecule has 1 aromatic heterocycles. The normalized spacial score (nSPS) is 37.8. The highest BCUT2D eigenvalue weighted by atomic mass is 16.5. The summed E-state index contributed by atoms with van der Waals surface area (Å²) in [5.74, 6) is 0.613. The summed E-state index contributed by atoms with van der Waals surface area (Å²) in [5, 5.41) is 3.43. The maximum atomic E-state index is 5.75. The molecule has 2 aliphatic heterocycles. The van der Waals surface area contributed by atoms with Crippen LogP contribution in [0, 0.1) is 0 Å². The van der Waals surface area contributed by atoms with E-state index in [0.29, 0.717) is 5.92 Å². The van der Waals surface area contributed by atoms with Crippen LogP contribution in [0.2, 0.25) is 0 Å². The van der Waals surface area contributed by atoms with Crippen LogP contribution >= 0.6 is 0 Å². The monoisotopic (exact) mass is 235 g/mol. The van der Waals surface area contributed by atoms with Crippen molar-refractivity contribution in [2.45, 2.75) is 44.2 Å². The predicted molar refractivity (Wildman–Crippen MR) is 66.1 cm³/mol. The summed E-state index contributed by atoms with van der Waals surface area (Å²) in [6.45, 7) is 7.52. The second-order valence-electron chi connectivity index (χ2n) is 5.50. The van der Waals surface area contributed by atoms with Crippen LogP contribution in [0.5, 0.6) is 0 Å². The minimum Gasteiger partial charge on any atom is -0.376 e. The van der Waals surface area contributed by atoms with E-state index in [0.717, 1.165) is 26.1 Å². The molecule has 0 bridgehead atoms. The van der Waals surface area contributed by atoms with Crippen molar-refractivity contribution in [3.63, 3.8) is 0 Å². The molecule has 0 radical (unpaired) electrons. The Morgan fingerprint density at radius 2 is 2.47 bits per heavy atom. The molecule has 3 atom stereocenters. The van der Waals surface area contributed by atoms with Gasteiger partial charge in [0.25, 0.3) is 0 Å². The number of nitrogens with zero attached hydrogens (tertiary/aromatic N) is 2. The third kappa shape index (κ3) is 1.70. The molecule has 2 fully saturated rings. The van der Waals surface area contributed by atoms with Crippen molar-refractivity contribution in [3.05, 3.63) is 18.2 Å². The quantitative estimate of drug-likeness (QED) is 0.844. The fourth-order valence-electron chi connectivity index (χ4n) is 3.08. The zero-order valence-electron chi connectivity index (χ0n) is 10.6. The van der Waals surface area contributed by atoms with E-state index < -0.39 is 0 Å². The van der Waals surface area contributed by atoms with Crippen LogP contribution < -0.4 is 5.32 Å². The van der Waals surface area contributed by atoms with E-state index >= 15 is 0 Å². The number of rotatable bonds is 2. The third-order valence-corrected chi connectivity index (χ3v) is 4.55. The average Bonchev–Trinajstić information content (AvgIpc) is 3.00. The molecular weight excluding hydrogens is 214 g/mol. The number of ether oxygens (including phenoxy) is 1. The van der Waals surface area contributed by atoms with Crippen molar-refractivity contribution in [1.82, 2.24) is 14.9 Å². The molecule has 0 aromatic carbocycles. The SMILES string of the molecule is CC1OCCC1(C)n1cncc1C1CCNC1. The second-order valence-corrected chi connectivity index (χ2v) is 5.50. The van der Waals surface area contributed by atoms with Crippen molar-refractivity contribution in [2.24, 2.45) is 0 Å². The Morgan fingerprint density at radius 3 is 3.12 bits per heavy atom. The molecule has 94 valence electrons. The van der Waals surface area contributed by atoms with Gasteiger partial charge in [-0.3, -0.25) is 0 Å². The van der Waals surface area contributed by atoms with Crippen LogP contribution in [0.1, 0.15) is 38.3 Å². The van der Waals surface area contributed by atoms with Gasteiger partial charge in [0, 0.05) is 31.0 Å². The highest BCUT2D eigenvalue weighted by Gasteiger charge is 2.40. The molecule has 1 aromatic rings. The Morgan fingerprint density at radius 1 is 1.59 bits per heavy atom. The first-order valence-corrected chi connectivity index (χ1v) is 6.57. The van der Waals surface area contributed by atoms with Crippen LogP contribution in [0.15, 0.2) is 12.5 Å². The number of hydrogen-bond acceptors (Lipinski definition) is 3. The Balaban J connectivity index is 1.95. The van der Waals surface area contributed by atoms with E-state index in [-0.39, 0.29) is 11.6 Å². The molecule has 4 heteroatoms. The Bertz CT molecular complexity index is 397. The van der Waals surface area contributed by atoms with Crippen molar-refractivity contribution in [2.75, 3.05) is 19.7 Å². The van der Waals surface area contributed by atoms with E-state index in [1.54, 1.807) is 0 Å². The van der Waals surface area contributed by atoms with Crippen LogP contribution in [0.4, 0.5) is 0 Å². The first-order chi connectivity index (χ1) is 8.22. The minimum atomic E-state index is 0.0778. The van der Waals surface area contributed by atoms with Gasteiger partial charge in [0.05, 0.1) is 18.0 Å². The van der Waals surface area contributed by atoms with Gasteiger partial charge in [-0.05, 0) is 33.2 Å². The van der Waals surface area contributed by atoms with Crippen LogP contribution in [0.25, 0.3) is 0 Å². The lowest BCUT2D eigenvalue weighted by Crippen LogP contribution is -2.38. The fraction of sp³-hybridized carbons (Fsp3) is 0.769. The Hall–Kier alpha value is -0.870. The standard InChI is InChI=1S/C13H21N3O/c1-10-13(2,4-6-17-10)16-9-15-8-12(16)11-3-5-14-7-11/h8-11,14H,3-7H2,1-2H3. The molecule has 0 amide bonds. The van der Waals surface area contributed by atoms with Crippen molar-refractivity contribution < 1.29 is 4.74 Å². The zero-order valence-corrected chi connectivity index (χ0v) is 10.6. The number of imidazole rings is 1. The molecule has 3 unspecified atom stereocenters. The number of hydrogen-bond donors (Lipinski definition) is 1. The fourth-order valence-corrected chi connectivity index (χ4v) is 3.08. The Labute approximate surface area is 102 Å². The van der Waals surface area contributed by atoms with E-state index in [2.05, 4.69) is 28.7 Å². The Kier molecular flexibility index (Phi) is 2.71. The van der Waals surface area contributed by atoms with Crippen molar-refractivity contribution in [3.8, 4) is 0 Å². The average molecular weight is 235 g/mol. The molecule has 17 heavy (non-hydrogen) atoms. The molecule has 3 rings (SSSR count). The summed E-state index contributed by atoms with van der Waals surface area (Å²) in [6.07, 6.45) is 6.59. The molecule has 4 nitrogen and oxygen atoms in total. The summed E-state index contributed by atoms with van der Waals surface area (Å²) in [6, 6.07) is 0. The van der Waals surface area contributed by atoms with Gasteiger partial charge in [-0.15, -0.1) is 0 Å². The lowest BCUT2D eigenvalue weighted by molar-refractivity contribution is 0.0745. The maximum Gasteiger partial charge on any atom is 0.0954 e. The first-order valence-electron chi connectivity index (χ1n) is 6.57. The largest absolute Gasteiger partial charge is 0.376 e. The van der Waals surface area contributed by atoms with Gasteiger partial charge in [-0.2, -0.15) is 0 Å². The van der Waals surface area contributed by atoms with Gasteiger partial charge in [0.1, 0.15) is 0 Å². The van der Waals surface area contributed by atoms with Crippen LogP contribution in [-0.4, -0.2) is 35.4 Å². The van der Waals surface area contributed by atoms with Crippen molar-refractivity contribution >= 4 is 0 Å². The minimum absolute atomic E-state index is 0.0778. The topological polar surface area (TPSA) is 39.1 Å². The molecule has 1 N–H and O–H groups in total. The molecule has 0 spiro atoms. The van der Waals surface area contributed by atoms with E-state index in [1.807, 2.05) is 12.5 Å². The molecular formula is C13H21N3O.